The Morgan fingerprint density at radius 3 is 2.71 bits per heavy atom. The van der Waals surface area contributed by atoms with Gasteiger partial charge in [-0.25, -0.2) is 13.8 Å². The van der Waals surface area contributed by atoms with Crippen molar-refractivity contribution < 1.29 is 8.78 Å². The SMILES string of the molecule is Cc1cc(CBr)c(C(F)F)c(C#N)n1. The highest BCUT2D eigenvalue weighted by molar-refractivity contribution is 9.08. The van der Waals surface area contributed by atoms with E-state index in [-0.39, 0.29) is 11.3 Å². The first-order valence-corrected chi connectivity index (χ1v) is 4.97. The van der Waals surface area contributed by atoms with Gasteiger partial charge in [0.1, 0.15) is 11.8 Å². The van der Waals surface area contributed by atoms with Crippen LogP contribution < -0.4 is 0 Å². The van der Waals surface area contributed by atoms with Crippen molar-refractivity contribution in [1.29, 1.82) is 5.26 Å². The van der Waals surface area contributed by atoms with Gasteiger partial charge >= 0.3 is 0 Å². The summed E-state index contributed by atoms with van der Waals surface area (Å²) in [6.45, 7) is 1.67. The molecule has 2 nitrogen and oxygen atoms in total. The molecule has 0 saturated heterocycles. The van der Waals surface area contributed by atoms with Crippen molar-refractivity contribution in [3.8, 4) is 6.07 Å². The van der Waals surface area contributed by atoms with Crippen LogP contribution in [0.2, 0.25) is 0 Å². The highest BCUT2D eigenvalue weighted by Crippen LogP contribution is 2.27. The van der Waals surface area contributed by atoms with Crippen LogP contribution in [-0.4, -0.2) is 4.98 Å². The standard InChI is InChI=1S/C9H7BrF2N2/c1-5-2-6(3-10)8(9(11)12)7(4-13)14-5/h2,9H,3H2,1H3. The molecule has 1 rings (SSSR count). The maximum Gasteiger partial charge on any atom is 0.266 e. The first-order chi connectivity index (χ1) is 6.60. The van der Waals surface area contributed by atoms with Crippen molar-refractivity contribution in [2.45, 2.75) is 18.7 Å². The molecule has 5 heteroatoms. The zero-order valence-corrected chi connectivity index (χ0v) is 8.98. The van der Waals surface area contributed by atoms with Crippen LogP contribution in [0.1, 0.15) is 28.9 Å². The summed E-state index contributed by atoms with van der Waals surface area (Å²) < 4.78 is 25.2. The van der Waals surface area contributed by atoms with Gasteiger partial charge in [0.2, 0.25) is 0 Å². The predicted molar refractivity (Wildman–Crippen MR) is 51.3 cm³/mol. The largest absolute Gasteiger partial charge is 0.266 e. The fourth-order valence-corrected chi connectivity index (χ4v) is 1.65. The Morgan fingerprint density at radius 1 is 1.64 bits per heavy atom. The van der Waals surface area contributed by atoms with Crippen molar-refractivity contribution in [3.63, 3.8) is 0 Å². The molecule has 0 amide bonds. The van der Waals surface area contributed by atoms with Crippen LogP contribution in [-0.2, 0) is 5.33 Å². The lowest BCUT2D eigenvalue weighted by Crippen LogP contribution is -2.01. The monoisotopic (exact) mass is 260 g/mol. The van der Waals surface area contributed by atoms with Gasteiger partial charge in [-0.2, -0.15) is 5.26 Å². The molecule has 0 spiro atoms. The molecular weight excluding hydrogens is 254 g/mol. The minimum atomic E-state index is -2.66. The number of rotatable bonds is 2. The molecule has 1 aromatic heterocycles. The number of pyridine rings is 1. The summed E-state index contributed by atoms with van der Waals surface area (Å²) in [4.78, 5) is 3.76. The highest BCUT2D eigenvalue weighted by Gasteiger charge is 2.19. The average molecular weight is 261 g/mol. The molecule has 0 aliphatic heterocycles. The summed E-state index contributed by atoms with van der Waals surface area (Å²) in [5, 5.41) is 8.95. The van der Waals surface area contributed by atoms with Gasteiger partial charge in [0.05, 0.1) is 5.56 Å². The third-order valence-electron chi connectivity index (χ3n) is 1.74. The lowest BCUT2D eigenvalue weighted by Gasteiger charge is -2.08. The number of alkyl halides is 3. The molecule has 0 radical (unpaired) electrons. The van der Waals surface area contributed by atoms with Crippen LogP contribution in [0.3, 0.4) is 0 Å². The van der Waals surface area contributed by atoms with E-state index in [4.69, 9.17) is 5.26 Å². The number of nitriles is 1. The van der Waals surface area contributed by atoms with E-state index in [1.807, 2.05) is 0 Å². The van der Waals surface area contributed by atoms with E-state index in [1.54, 1.807) is 19.1 Å². The van der Waals surface area contributed by atoms with Crippen molar-refractivity contribution in [2.24, 2.45) is 0 Å². The fourth-order valence-electron chi connectivity index (χ4n) is 1.19. The van der Waals surface area contributed by atoms with Gasteiger partial charge in [-0.3, -0.25) is 0 Å². The normalized spacial score (nSPS) is 10.3. The Labute approximate surface area is 88.7 Å². The Hall–Kier alpha value is -1.02. The molecule has 0 aliphatic rings. The third kappa shape index (κ3) is 2.07. The Kier molecular flexibility index (Phi) is 3.53. The predicted octanol–water partition coefficient (Wildman–Crippen LogP) is 3.09. The Bertz CT molecular complexity index is 385. The smallest absolute Gasteiger partial charge is 0.242 e. The van der Waals surface area contributed by atoms with Crippen LogP contribution in [0.15, 0.2) is 6.07 Å². The summed E-state index contributed by atoms with van der Waals surface area (Å²) in [5.41, 5.74) is 0.536. The van der Waals surface area contributed by atoms with Crippen LogP contribution in [0.25, 0.3) is 0 Å². The molecule has 0 aliphatic carbocycles. The summed E-state index contributed by atoms with van der Waals surface area (Å²) in [6, 6.07) is 3.23. The van der Waals surface area contributed by atoms with Gasteiger partial charge in [-0.15, -0.1) is 0 Å². The van der Waals surface area contributed by atoms with Crippen LogP contribution in [0.5, 0.6) is 0 Å². The summed E-state index contributed by atoms with van der Waals surface area (Å²) in [7, 11) is 0. The Morgan fingerprint density at radius 2 is 2.29 bits per heavy atom. The highest BCUT2D eigenvalue weighted by atomic mass is 79.9. The number of hydrogen-bond donors (Lipinski definition) is 0. The summed E-state index contributed by atoms with van der Waals surface area (Å²) in [6.07, 6.45) is -2.66. The third-order valence-corrected chi connectivity index (χ3v) is 2.34. The van der Waals surface area contributed by atoms with Crippen molar-refractivity contribution in [2.75, 3.05) is 0 Å². The van der Waals surface area contributed by atoms with E-state index in [0.717, 1.165) is 0 Å². The molecule has 1 aromatic rings. The van der Waals surface area contributed by atoms with E-state index >= 15 is 0 Å². The molecule has 14 heavy (non-hydrogen) atoms. The van der Waals surface area contributed by atoms with E-state index in [0.29, 0.717) is 16.6 Å². The first kappa shape index (κ1) is 11.1. The van der Waals surface area contributed by atoms with E-state index < -0.39 is 6.43 Å². The van der Waals surface area contributed by atoms with E-state index in [2.05, 4.69) is 20.9 Å². The topological polar surface area (TPSA) is 36.7 Å². The van der Waals surface area contributed by atoms with E-state index in [1.165, 1.54) is 0 Å². The van der Waals surface area contributed by atoms with Gasteiger partial charge < -0.3 is 0 Å². The zero-order chi connectivity index (χ0) is 10.7. The van der Waals surface area contributed by atoms with Gasteiger partial charge in [-0.05, 0) is 18.6 Å². The number of nitrogens with zero attached hydrogens (tertiary/aromatic N) is 2. The van der Waals surface area contributed by atoms with Crippen LogP contribution >= 0.6 is 15.9 Å². The van der Waals surface area contributed by atoms with Crippen LogP contribution in [0.4, 0.5) is 8.78 Å². The molecule has 0 aromatic carbocycles. The average Bonchev–Trinajstić information content (AvgIpc) is 2.15. The number of aryl methyl sites for hydroxylation is 1. The van der Waals surface area contributed by atoms with Gasteiger partial charge in [0, 0.05) is 11.0 Å². The molecule has 0 unspecified atom stereocenters. The minimum absolute atomic E-state index is 0.186. The molecule has 1 heterocycles. The minimum Gasteiger partial charge on any atom is -0.242 e. The van der Waals surface area contributed by atoms with Crippen molar-refractivity contribution >= 4 is 15.9 Å². The van der Waals surface area contributed by atoms with Gasteiger partial charge in [-0.1, -0.05) is 15.9 Å². The maximum absolute atomic E-state index is 12.6. The lowest BCUT2D eigenvalue weighted by atomic mass is 10.1. The molecule has 0 atom stereocenters. The quantitative estimate of drug-likeness (QED) is 0.767. The molecule has 0 saturated carbocycles. The first-order valence-electron chi connectivity index (χ1n) is 3.84. The summed E-state index contributed by atoms with van der Waals surface area (Å²) >= 11 is 3.10. The zero-order valence-electron chi connectivity index (χ0n) is 7.39. The number of aromatic nitrogens is 1. The summed E-state index contributed by atoms with van der Waals surface area (Å²) in [5.74, 6) is 0. The van der Waals surface area contributed by atoms with Crippen molar-refractivity contribution in [3.05, 3.63) is 28.6 Å². The fraction of sp³-hybridized carbons (Fsp3) is 0.333. The molecule has 0 bridgehead atoms. The van der Waals surface area contributed by atoms with Gasteiger partial charge in [0.15, 0.2) is 0 Å². The lowest BCUT2D eigenvalue weighted by molar-refractivity contribution is 0.149. The van der Waals surface area contributed by atoms with Crippen LogP contribution in [0, 0.1) is 18.3 Å². The molecular formula is C9H7BrF2N2. The maximum atomic E-state index is 12.6. The molecule has 74 valence electrons. The Balaban J connectivity index is 3.42. The second kappa shape index (κ2) is 4.47. The molecule has 0 N–H and O–H groups in total. The molecule has 0 fully saturated rings. The van der Waals surface area contributed by atoms with Gasteiger partial charge in [0.25, 0.3) is 6.43 Å². The van der Waals surface area contributed by atoms with Crippen molar-refractivity contribution in [1.82, 2.24) is 4.98 Å². The second-order valence-electron chi connectivity index (χ2n) is 2.73. The second-order valence-corrected chi connectivity index (χ2v) is 3.29. The van der Waals surface area contributed by atoms with E-state index in [9.17, 15) is 8.78 Å². The number of hydrogen-bond acceptors (Lipinski definition) is 2. The number of halogens is 3.